The molecule has 5 heteroatoms. The van der Waals surface area contributed by atoms with Crippen LogP contribution in [-0.2, 0) is 25.1 Å². The minimum atomic E-state index is -1.02. The van der Waals surface area contributed by atoms with Crippen LogP contribution in [0.4, 0.5) is 0 Å². The summed E-state index contributed by atoms with van der Waals surface area (Å²) in [6.45, 7) is 5.00. The number of methoxy groups -OCH3 is 1. The summed E-state index contributed by atoms with van der Waals surface area (Å²) in [5, 5.41) is -0.164. The Morgan fingerprint density at radius 2 is 2.07 bits per heavy atom. The van der Waals surface area contributed by atoms with Gasteiger partial charge in [0.05, 0.1) is 20.1 Å². The van der Waals surface area contributed by atoms with Gasteiger partial charge >= 0.3 is 5.97 Å². The van der Waals surface area contributed by atoms with Gasteiger partial charge in [-0.1, -0.05) is 13.8 Å². The molecule has 0 spiro atoms. The van der Waals surface area contributed by atoms with E-state index in [2.05, 4.69) is 4.74 Å². The number of rotatable bonds is 8. The first-order valence-corrected chi connectivity index (χ1v) is 6.51. The van der Waals surface area contributed by atoms with Crippen molar-refractivity contribution < 1.29 is 18.5 Å². The molecule has 0 saturated carbocycles. The van der Waals surface area contributed by atoms with E-state index >= 15 is 0 Å². The first kappa shape index (κ1) is 14.6. The first-order valence-electron chi connectivity index (χ1n) is 5.13. The Morgan fingerprint density at radius 3 is 2.60 bits per heavy atom. The lowest BCUT2D eigenvalue weighted by atomic mass is 10.3. The highest BCUT2D eigenvalue weighted by molar-refractivity contribution is 7.85. The summed E-state index contributed by atoms with van der Waals surface area (Å²) in [6.07, 6.45) is 1.17. The molecule has 0 fully saturated rings. The molecular weight excluding hydrogens is 216 g/mol. The molecule has 0 aliphatic rings. The van der Waals surface area contributed by atoms with Crippen LogP contribution in [0.1, 0.15) is 26.7 Å². The molecule has 0 aliphatic heterocycles. The molecule has 0 aromatic carbocycles. The van der Waals surface area contributed by atoms with Gasteiger partial charge < -0.3 is 9.47 Å². The van der Waals surface area contributed by atoms with Gasteiger partial charge in [0.15, 0.2) is 0 Å². The van der Waals surface area contributed by atoms with Crippen molar-refractivity contribution >= 4 is 16.8 Å². The van der Waals surface area contributed by atoms with Crippen molar-refractivity contribution in [3.63, 3.8) is 0 Å². The third-order valence-corrected chi connectivity index (χ3v) is 3.54. The van der Waals surface area contributed by atoms with Crippen LogP contribution in [0.25, 0.3) is 0 Å². The van der Waals surface area contributed by atoms with Crippen molar-refractivity contribution in [2.45, 2.75) is 31.9 Å². The predicted octanol–water partition coefficient (Wildman–Crippen LogP) is 1.11. The minimum absolute atomic E-state index is 0.164. The molecule has 0 aromatic rings. The van der Waals surface area contributed by atoms with E-state index in [9.17, 15) is 9.00 Å². The van der Waals surface area contributed by atoms with E-state index in [4.69, 9.17) is 4.74 Å². The van der Waals surface area contributed by atoms with Crippen LogP contribution in [0, 0.1) is 0 Å². The zero-order valence-electron chi connectivity index (χ0n) is 9.65. The minimum Gasteiger partial charge on any atom is -0.469 e. The third kappa shape index (κ3) is 7.50. The van der Waals surface area contributed by atoms with Crippen LogP contribution in [0.15, 0.2) is 0 Å². The molecule has 0 aliphatic carbocycles. The fourth-order valence-electron chi connectivity index (χ4n) is 1.000. The van der Waals surface area contributed by atoms with Crippen molar-refractivity contribution in [3.05, 3.63) is 0 Å². The summed E-state index contributed by atoms with van der Waals surface area (Å²) in [6, 6.07) is 0. The van der Waals surface area contributed by atoms with Gasteiger partial charge in [-0.15, -0.1) is 0 Å². The number of carbonyl (C=O) groups excluding carboxylic acids is 1. The number of ether oxygens (including phenoxy) is 2. The number of esters is 1. The average Bonchev–Trinajstić information content (AvgIpc) is 2.23. The van der Waals surface area contributed by atoms with Crippen molar-refractivity contribution in [1.29, 1.82) is 0 Å². The number of carbonyl (C=O) groups is 1. The van der Waals surface area contributed by atoms with Gasteiger partial charge in [-0.2, -0.15) is 0 Å². The van der Waals surface area contributed by atoms with Crippen molar-refractivity contribution in [2.24, 2.45) is 0 Å². The average molecular weight is 236 g/mol. The standard InChI is InChI=1S/C10H20O4S/c1-4-5-14-6-7-15(12)9(2)8-10(11)13-3/h9H,4-8H2,1-3H3. The second kappa shape index (κ2) is 8.85. The lowest BCUT2D eigenvalue weighted by Gasteiger charge is -2.09. The fourth-order valence-corrected chi connectivity index (χ4v) is 2.01. The molecule has 4 nitrogen and oxygen atoms in total. The molecule has 0 bridgehead atoms. The molecule has 0 N–H and O–H groups in total. The largest absolute Gasteiger partial charge is 0.469 e. The highest BCUT2D eigenvalue weighted by Gasteiger charge is 2.15. The van der Waals surface area contributed by atoms with Crippen LogP contribution < -0.4 is 0 Å². The summed E-state index contributed by atoms with van der Waals surface area (Å²) in [5.41, 5.74) is 0. The van der Waals surface area contributed by atoms with E-state index < -0.39 is 10.8 Å². The predicted molar refractivity (Wildman–Crippen MR) is 60.2 cm³/mol. The Kier molecular flexibility index (Phi) is 8.61. The Balaban J connectivity index is 3.64. The second-order valence-corrected chi connectivity index (χ2v) is 5.26. The molecular formula is C10H20O4S. The Labute approximate surface area is 93.8 Å². The molecule has 0 heterocycles. The summed E-state index contributed by atoms with van der Waals surface area (Å²) in [7, 11) is 0.319. The summed E-state index contributed by atoms with van der Waals surface area (Å²) >= 11 is 0. The van der Waals surface area contributed by atoms with E-state index in [1.165, 1.54) is 7.11 Å². The molecule has 0 aromatic heterocycles. The molecule has 0 rings (SSSR count). The van der Waals surface area contributed by atoms with E-state index in [0.717, 1.165) is 6.42 Å². The summed E-state index contributed by atoms with van der Waals surface area (Å²) < 4.78 is 21.3. The summed E-state index contributed by atoms with van der Waals surface area (Å²) in [4.78, 5) is 10.9. The lowest BCUT2D eigenvalue weighted by molar-refractivity contribution is -0.140. The van der Waals surface area contributed by atoms with E-state index in [1.807, 2.05) is 6.92 Å². The Bertz CT molecular complexity index is 206. The van der Waals surface area contributed by atoms with E-state index in [1.54, 1.807) is 6.92 Å². The van der Waals surface area contributed by atoms with Crippen LogP contribution in [0.2, 0.25) is 0 Å². The highest BCUT2D eigenvalue weighted by Crippen LogP contribution is 2.03. The topological polar surface area (TPSA) is 52.6 Å². The highest BCUT2D eigenvalue weighted by atomic mass is 32.2. The molecule has 2 unspecified atom stereocenters. The van der Waals surface area contributed by atoms with Crippen molar-refractivity contribution in [3.8, 4) is 0 Å². The maximum atomic E-state index is 11.6. The van der Waals surface area contributed by atoms with Crippen LogP contribution >= 0.6 is 0 Å². The van der Waals surface area contributed by atoms with Gasteiger partial charge in [0.25, 0.3) is 0 Å². The molecule has 15 heavy (non-hydrogen) atoms. The zero-order valence-corrected chi connectivity index (χ0v) is 10.5. The maximum Gasteiger partial charge on any atom is 0.306 e. The van der Waals surface area contributed by atoms with Crippen LogP contribution in [0.5, 0.6) is 0 Å². The quantitative estimate of drug-likeness (QED) is 0.468. The molecule has 0 saturated heterocycles. The maximum absolute atomic E-state index is 11.6. The number of hydrogen-bond acceptors (Lipinski definition) is 4. The lowest BCUT2D eigenvalue weighted by Crippen LogP contribution is -2.21. The zero-order chi connectivity index (χ0) is 11.7. The second-order valence-electron chi connectivity index (χ2n) is 3.29. The van der Waals surface area contributed by atoms with Gasteiger partial charge in [-0.25, -0.2) is 0 Å². The van der Waals surface area contributed by atoms with E-state index in [-0.39, 0.29) is 17.6 Å². The molecule has 0 amide bonds. The van der Waals surface area contributed by atoms with E-state index in [0.29, 0.717) is 19.0 Å². The molecule has 2 atom stereocenters. The molecule has 0 radical (unpaired) electrons. The SMILES string of the molecule is CCCOCCS(=O)C(C)CC(=O)OC. The first-order chi connectivity index (χ1) is 7.11. The monoisotopic (exact) mass is 236 g/mol. The van der Waals surface area contributed by atoms with Crippen molar-refractivity contribution in [1.82, 2.24) is 0 Å². The Hall–Kier alpha value is -0.420. The van der Waals surface area contributed by atoms with Gasteiger partial charge in [0.2, 0.25) is 0 Å². The Morgan fingerprint density at radius 1 is 1.40 bits per heavy atom. The van der Waals surface area contributed by atoms with Crippen LogP contribution in [0.3, 0.4) is 0 Å². The van der Waals surface area contributed by atoms with Gasteiger partial charge in [0.1, 0.15) is 0 Å². The third-order valence-electron chi connectivity index (χ3n) is 1.91. The van der Waals surface area contributed by atoms with Gasteiger partial charge in [-0.05, 0) is 6.42 Å². The van der Waals surface area contributed by atoms with Gasteiger partial charge in [0, 0.05) is 28.4 Å². The van der Waals surface area contributed by atoms with Crippen LogP contribution in [-0.4, -0.2) is 41.5 Å². The molecule has 90 valence electrons. The summed E-state index contributed by atoms with van der Waals surface area (Å²) in [5.74, 6) is 0.170. The normalized spacial score (nSPS) is 14.6. The van der Waals surface area contributed by atoms with Crippen molar-refractivity contribution in [2.75, 3.05) is 26.1 Å². The van der Waals surface area contributed by atoms with Gasteiger partial charge in [-0.3, -0.25) is 9.00 Å². The number of hydrogen-bond donors (Lipinski definition) is 0. The fraction of sp³-hybridized carbons (Fsp3) is 0.900. The smallest absolute Gasteiger partial charge is 0.306 e.